The molecule has 0 aliphatic carbocycles. The molecule has 16 nitrogen and oxygen atoms in total. The van der Waals surface area contributed by atoms with Crippen LogP contribution in [0.15, 0.2) is 107 Å². The highest BCUT2D eigenvalue weighted by molar-refractivity contribution is 7.86. The van der Waals surface area contributed by atoms with Crippen molar-refractivity contribution in [3.8, 4) is 11.5 Å². The summed E-state index contributed by atoms with van der Waals surface area (Å²) in [4.78, 5) is 51.3. The van der Waals surface area contributed by atoms with E-state index in [0.29, 0.717) is 21.9 Å². The number of anilines is 4. The number of fused-ring (bicyclic) bond motifs is 2. The number of aromatic hydroxyl groups is 2. The molecule has 0 aliphatic rings. The number of rotatable bonds is 8. The topological polar surface area (TPSA) is 266 Å². The predicted octanol–water partition coefficient (Wildman–Crippen LogP) is 5.60. The largest absolute Gasteiger partial charge is 0.506 e. The van der Waals surface area contributed by atoms with Gasteiger partial charge in [-0.05, 0) is 84.3 Å². The molecule has 4 amide bonds. The molecule has 6 rings (SSSR count). The third kappa shape index (κ3) is 7.84. The van der Waals surface area contributed by atoms with Crippen LogP contribution < -0.4 is 21.3 Å². The second-order valence-corrected chi connectivity index (χ2v) is 15.2. The fourth-order valence-corrected chi connectivity index (χ4v) is 7.12. The quantitative estimate of drug-likeness (QED) is 0.0691. The lowest BCUT2D eigenvalue weighted by Crippen LogP contribution is -2.29. The first-order chi connectivity index (χ1) is 26.3. The number of amides is 4. The summed E-state index contributed by atoms with van der Waals surface area (Å²) in [5, 5.41) is 32.0. The molecule has 0 atom stereocenters. The molecule has 286 valence electrons. The molecule has 0 unspecified atom stereocenters. The maximum atomic E-state index is 13.4. The number of aryl methyl sites for hydroxylation is 2. The minimum atomic E-state index is -4.79. The van der Waals surface area contributed by atoms with Gasteiger partial charge in [0.1, 0.15) is 21.3 Å². The zero-order chi connectivity index (χ0) is 40.7. The lowest BCUT2D eigenvalue weighted by Gasteiger charge is -2.14. The minimum Gasteiger partial charge on any atom is -0.506 e. The van der Waals surface area contributed by atoms with Crippen LogP contribution in [-0.2, 0) is 29.8 Å². The van der Waals surface area contributed by atoms with Gasteiger partial charge in [0.15, 0.2) is 0 Å². The molecule has 18 heteroatoms. The maximum Gasteiger partial charge on any atom is 0.314 e. The molecule has 56 heavy (non-hydrogen) atoms. The van der Waals surface area contributed by atoms with Crippen LogP contribution in [0.1, 0.15) is 31.8 Å². The maximum absolute atomic E-state index is 13.4. The van der Waals surface area contributed by atoms with Crippen molar-refractivity contribution in [3.05, 3.63) is 119 Å². The van der Waals surface area contributed by atoms with E-state index < -0.39 is 65.2 Å². The molecule has 0 heterocycles. The predicted molar refractivity (Wildman–Crippen MR) is 206 cm³/mol. The number of phenols is 2. The van der Waals surface area contributed by atoms with E-state index >= 15 is 0 Å². The molecule has 0 bridgehead atoms. The van der Waals surface area contributed by atoms with Gasteiger partial charge in [0, 0.05) is 33.3 Å². The van der Waals surface area contributed by atoms with E-state index in [-0.39, 0.29) is 44.6 Å². The van der Waals surface area contributed by atoms with Crippen molar-refractivity contribution in [3.63, 3.8) is 0 Å². The summed E-state index contributed by atoms with van der Waals surface area (Å²) in [6.07, 6.45) is 0. The monoisotopic (exact) mass is 798 g/mol. The highest BCUT2D eigenvalue weighted by Gasteiger charge is 2.23. The molecule has 0 saturated carbocycles. The Kier molecular flexibility index (Phi) is 10.2. The van der Waals surface area contributed by atoms with Crippen molar-refractivity contribution >= 4 is 88.2 Å². The Labute approximate surface area is 318 Å². The van der Waals surface area contributed by atoms with Gasteiger partial charge in [-0.15, -0.1) is 0 Å². The number of carbonyl (C=O) groups is 4. The third-order valence-electron chi connectivity index (χ3n) is 8.70. The second-order valence-electron chi connectivity index (χ2n) is 12.5. The zero-order valence-electron chi connectivity index (χ0n) is 29.1. The average Bonchev–Trinajstić information content (AvgIpc) is 3.12. The molecule has 0 aliphatic heterocycles. The summed E-state index contributed by atoms with van der Waals surface area (Å²) in [5.74, 6) is -5.24. The number of phenolic OH excluding ortho intramolecular Hbond substituents is 2. The summed E-state index contributed by atoms with van der Waals surface area (Å²) in [6.45, 7) is 3.21. The number of nitrogens with one attached hydrogen (secondary N) is 4. The number of hydrogen-bond acceptors (Lipinski definition) is 10. The molecule has 0 spiro atoms. The number of hydrogen-bond donors (Lipinski definition) is 8. The minimum absolute atomic E-state index is 0.0245. The van der Waals surface area contributed by atoms with Crippen molar-refractivity contribution in [1.29, 1.82) is 0 Å². The van der Waals surface area contributed by atoms with Gasteiger partial charge in [-0.3, -0.25) is 28.3 Å². The van der Waals surface area contributed by atoms with Crippen LogP contribution in [0.2, 0.25) is 0 Å². The SMILES string of the molecule is Cc1ccc(NC(=O)C(=O)Nc2ccc(C)c(C(=O)Nc3cccc4ccc(S(=O)(=O)O)c(O)c34)c2)cc1C(=O)Nc1cccc2ccc(S(=O)(=O)O)c(O)c12. The van der Waals surface area contributed by atoms with Gasteiger partial charge in [0.2, 0.25) is 0 Å². The molecule has 8 N–H and O–H groups in total. The fraction of sp³-hybridized carbons (Fsp3) is 0.0526. The Morgan fingerprint density at radius 3 is 1.23 bits per heavy atom. The number of benzene rings is 6. The van der Waals surface area contributed by atoms with Gasteiger partial charge in [-0.1, -0.05) is 48.5 Å². The highest BCUT2D eigenvalue weighted by atomic mass is 32.2. The van der Waals surface area contributed by atoms with E-state index in [4.69, 9.17) is 0 Å². The van der Waals surface area contributed by atoms with Gasteiger partial charge in [-0.25, -0.2) is 0 Å². The van der Waals surface area contributed by atoms with Gasteiger partial charge in [0.05, 0.1) is 11.4 Å². The van der Waals surface area contributed by atoms with E-state index in [1.807, 2.05) is 0 Å². The molecule has 0 radical (unpaired) electrons. The first kappa shape index (κ1) is 38.9. The van der Waals surface area contributed by atoms with Gasteiger partial charge in [-0.2, -0.15) is 16.8 Å². The summed E-state index contributed by atoms with van der Waals surface area (Å²) in [7, 11) is -9.58. The Hall–Kier alpha value is -6.86. The summed E-state index contributed by atoms with van der Waals surface area (Å²) in [5.41, 5.74) is 1.16. The van der Waals surface area contributed by atoms with E-state index in [1.54, 1.807) is 38.1 Å². The van der Waals surface area contributed by atoms with E-state index in [0.717, 1.165) is 12.1 Å². The lowest BCUT2D eigenvalue weighted by molar-refractivity contribution is -0.132. The molecule has 6 aromatic carbocycles. The van der Waals surface area contributed by atoms with Crippen LogP contribution in [0.4, 0.5) is 22.7 Å². The summed E-state index contributed by atoms with van der Waals surface area (Å²) in [6, 6.07) is 22.3. The molecule has 0 saturated heterocycles. The standard InChI is InChI=1S/C38H30N4O12S2/c1-19-9-13-23(17-25(19)35(45)41-27-7-3-5-21-11-15-29(55(49,50)51)33(43)31(21)27)39-37(47)38(48)40-24-14-10-20(2)26(18-24)36(46)42-28-8-4-6-22-12-16-30(56(52,53)54)34(44)32(22)28/h3-18,43-44H,1-2H3,(H,39,47)(H,40,48)(H,41,45)(H,42,46)(H,49,50,51)(H,52,53,54). The van der Waals surface area contributed by atoms with Gasteiger partial charge < -0.3 is 31.5 Å². The van der Waals surface area contributed by atoms with Crippen LogP contribution in [-0.4, -0.2) is 59.8 Å². The normalized spacial score (nSPS) is 11.6. The highest BCUT2D eigenvalue weighted by Crippen LogP contribution is 2.38. The Morgan fingerprint density at radius 1 is 0.500 bits per heavy atom. The molecule has 0 aromatic heterocycles. The average molecular weight is 799 g/mol. The molecular weight excluding hydrogens is 769 g/mol. The van der Waals surface area contributed by atoms with Crippen LogP contribution in [0.5, 0.6) is 11.5 Å². The van der Waals surface area contributed by atoms with Crippen LogP contribution in [0, 0.1) is 13.8 Å². The Morgan fingerprint density at radius 2 is 0.875 bits per heavy atom. The summed E-state index contributed by atoms with van der Waals surface area (Å²) >= 11 is 0. The molecular formula is C38H30N4O12S2. The van der Waals surface area contributed by atoms with E-state index in [2.05, 4.69) is 21.3 Å². The van der Waals surface area contributed by atoms with Crippen LogP contribution >= 0.6 is 0 Å². The van der Waals surface area contributed by atoms with Crippen molar-refractivity contribution < 1.29 is 55.3 Å². The second kappa shape index (κ2) is 14.8. The fourth-order valence-electron chi connectivity index (χ4n) is 5.95. The van der Waals surface area contributed by atoms with Crippen molar-refractivity contribution in [2.45, 2.75) is 23.6 Å². The van der Waals surface area contributed by atoms with Crippen molar-refractivity contribution in [1.82, 2.24) is 0 Å². The molecule has 0 fully saturated rings. The number of carbonyl (C=O) groups excluding carboxylic acids is 4. The molecule has 6 aromatic rings. The van der Waals surface area contributed by atoms with Crippen LogP contribution in [0.3, 0.4) is 0 Å². The van der Waals surface area contributed by atoms with Crippen molar-refractivity contribution in [2.75, 3.05) is 21.3 Å². The van der Waals surface area contributed by atoms with Gasteiger partial charge >= 0.3 is 11.8 Å². The lowest BCUT2D eigenvalue weighted by atomic mass is 10.0. The van der Waals surface area contributed by atoms with Crippen molar-refractivity contribution in [2.24, 2.45) is 0 Å². The van der Waals surface area contributed by atoms with Gasteiger partial charge in [0.25, 0.3) is 32.1 Å². The van der Waals surface area contributed by atoms with E-state index in [1.165, 1.54) is 60.7 Å². The summed E-state index contributed by atoms with van der Waals surface area (Å²) < 4.78 is 66.1. The first-order valence-corrected chi connectivity index (χ1v) is 19.1. The Bertz CT molecular complexity index is 2700. The smallest absolute Gasteiger partial charge is 0.314 e. The Balaban J connectivity index is 1.18. The zero-order valence-corrected chi connectivity index (χ0v) is 30.7. The first-order valence-electron chi connectivity index (χ1n) is 16.2. The van der Waals surface area contributed by atoms with E-state index in [9.17, 15) is 55.3 Å². The van der Waals surface area contributed by atoms with Crippen LogP contribution in [0.25, 0.3) is 21.5 Å². The third-order valence-corrected chi connectivity index (χ3v) is 10.5.